The summed E-state index contributed by atoms with van der Waals surface area (Å²) in [4.78, 5) is 81.7. The third-order valence-electron chi connectivity index (χ3n) is 12.5. The number of likely N-dealkylation sites (N-methyl/N-ethyl adjacent to an activating group) is 1. The maximum atomic E-state index is 14.6. The van der Waals surface area contributed by atoms with Gasteiger partial charge in [-0.05, 0) is 97.9 Å². The topological polar surface area (TPSA) is 172 Å². The van der Waals surface area contributed by atoms with E-state index in [1.54, 1.807) is 11.9 Å². The molecule has 0 spiro atoms. The molecule has 4 atom stereocenters. The molecule has 3 aliphatic rings. The quantitative estimate of drug-likeness (QED) is 0.161. The third-order valence-corrected chi connectivity index (χ3v) is 13.3. The van der Waals surface area contributed by atoms with Gasteiger partial charge in [-0.15, -0.1) is 0 Å². The predicted octanol–water partition coefficient (Wildman–Crippen LogP) is 5.53. The van der Waals surface area contributed by atoms with Crippen molar-refractivity contribution in [2.24, 2.45) is 17.3 Å². The number of esters is 1. The number of ether oxygens (including phenoxy) is 1. The van der Waals surface area contributed by atoms with Crippen molar-refractivity contribution < 1.29 is 28.7 Å². The molecule has 3 aromatic heterocycles. The second-order valence-electron chi connectivity index (χ2n) is 18.5. The highest BCUT2D eigenvalue weighted by molar-refractivity contribution is 7.05. The van der Waals surface area contributed by atoms with Gasteiger partial charge in [0.05, 0.1) is 23.9 Å². The van der Waals surface area contributed by atoms with Gasteiger partial charge in [0.1, 0.15) is 23.1 Å². The van der Waals surface area contributed by atoms with Crippen LogP contribution in [0, 0.1) is 17.3 Å². The lowest BCUT2D eigenvalue weighted by Crippen LogP contribution is -2.62. The summed E-state index contributed by atoms with van der Waals surface area (Å²) in [6.07, 6.45) is 5.17. The van der Waals surface area contributed by atoms with Crippen LogP contribution in [0.2, 0.25) is 0 Å². The fourth-order valence-corrected chi connectivity index (χ4v) is 10.1. The molecule has 6 heterocycles. The molecule has 7 rings (SSSR count). The second-order valence-corrected chi connectivity index (χ2v) is 19.4. The molecule has 2 N–H and O–H groups in total. The summed E-state index contributed by atoms with van der Waals surface area (Å²) in [6, 6.07) is 7.56. The Labute approximate surface area is 373 Å². The molecule has 4 amide bonds. The van der Waals surface area contributed by atoms with Gasteiger partial charge in [-0.1, -0.05) is 48.1 Å². The number of hydrazine groups is 1. The number of rotatable bonds is 9. The van der Waals surface area contributed by atoms with Gasteiger partial charge in [-0.3, -0.25) is 34.0 Å². The second kappa shape index (κ2) is 18.7. The zero-order chi connectivity index (χ0) is 45.3. The first kappa shape index (κ1) is 45.5. The van der Waals surface area contributed by atoms with Crippen LogP contribution in [0.15, 0.2) is 49.2 Å². The average molecular weight is 880 g/mol. The van der Waals surface area contributed by atoms with Gasteiger partial charge in [0.15, 0.2) is 5.82 Å². The smallest absolute Gasteiger partial charge is 0.324 e. The summed E-state index contributed by atoms with van der Waals surface area (Å²) in [5.41, 5.74) is 8.77. The minimum atomic E-state index is -1.11. The first-order valence-electron chi connectivity index (χ1n) is 22.2. The standard InChI is InChI=1S/C47H61N9O6S/c1-10-38(57)54-21-18-30(25-54)44(59)53(9)40(28(5)6)43(58)49-35-23-37-50-42(52-63-37)29-16-17-36-32(22-29)33(41(55(36)11-2)31-14-12-19-48-39(31)27(3)4)24-47(7,8)26-62-46(61)34-15-13-20-56(51-34)45(35)60/h10,12,14,16-17,19,22,27-28,30,34-35,40,51H,1,11,13,15,18,20-21,23-26H2,2-9H3,(H,49,58)/t30-,34-,35-,40-/m0/s1. The van der Waals surface area contributed by atoms with Crippen molar-refractivity contribution in [2.75, 3.05) is 33.3 Å². The molecule has 63 heavy (non-hydrogen) atoms. The van der Waals surface area contributed by atoms with Crippen LogP contribution < -0.4 is 10.7 Å². The number of carbonyl (C=O) groups is 5. The van der Waals surface area contributed by atoms with E-state index < -0.39 is 47.2 Å². The third kappa shape index (κ3) is 9.42. The monoisotopic (exact) mass is 879 g/mol. The summed E-state index contributed by atoms with van der Waals surface area (Å²) in [5, 5.41) is 5.97. The van der Waals surface area contributed by atoms with Crippen LogP contribution in [0.25, 0.3) is 33.5 Å². The average Bonchev–Trinajstić information content (AvgIpc) is 4.02. The van der Waals surface area contributed by atoms with Crippen molar-refractivity contribution in [2.45, 2.75) is 111 Å². The van der Waals surface area contributed by atoms with Crippen molar-refractivity contribution >= 4 is 52.0 Å². The molecular formula is C47H61N9O6S. The summed E-state index contributed by atoms with van der Waals surface area (Å²) >= 11 is 1.17. The summed E-state index contributed by atoms with van der Waals surface area (Å²) in [5.74, 6) is -1.99. The van der Waals surface area contributed by atoms with Crippen LogP contribution in [0.1, 0.15) is 89.9 Å². The van der Waals surface area contributed by atoms with Crippen LogP contribution in [0.5, 0.6) is 0 Å². The molecule has 336 valence electrons. The lowest BCUT2D eigenvalue weighted by atomic mass is 9.84. The largest absolute Gasteiger partial charge is 0.464 e. The molecule has 0 radical (unpaired) electrons. The Balaban J connectivity index is 1.26. The van der Waals surface area contributed by atoms with Crippen molar-refractivity contribution in [1.29, 1.82) is 0 Å². The Morgan fingerprint density at radius 2 is 1.90 bits per heavy atom. The number of aromatic nitrogens is 4. The Hall–Kier alpha value is -5.48. The maximum absolute atomic E-state index is 14.6. The molecule has 3 aliphatic heterocycles. The number of aryl methyl sites for hydroxylation is 1. The van der Waals surface area contributed by atoms with E-state index in [4.69, 9.17) is 19.1 Å². The van der Waals surface area contributed by atoms with E-state index in [-0.39, 0.29) is 43.2 Å². The Morgan fingerprint density at radius 3 is 2.62 bits per heavy atom. The van der Waals surface area contributed by atoms with Gasteiger partial charge in [0.2, 0.25) is 17.7 Å². The van der Waals surface area contributed by atoms with E-state index in [1.807, 2.05) is 32.2 Å². The fourth-order valence-electron chi connectivity index (χ4n) is 9.39. The van der Waals surface area contributed by atoms with Gasteiger partial charge in [0.25, 0.3) is 5.91 Å². The van der Waals surface area contributed by atoms with E-state index >= 15 is 0 Å². The van der Waals surface area contributed by atoms with E-state index in [2.05, 4.69) is 74.7 Å². The summed E-state index contributed by atoms with van der Waals surface area (Å²) in [7, 11) is 1.59. The highest BCUT2D eigenvalue weighted by Crippen LogP contribution is 2.41. The van der Waals surface area contributed by atoms with Gasteiger partial charge in [-0.25, -0.2) is 10.4 Å². The minimum Gasteiger partial charge on any atom is -0.464 e. The molecule has 16 heteroatoms. The molecular weight excluding hydrogens is 819 g/mol. The van der Waals surface area contributed by atoms with E-state index in [0.717, 1.165) is 39.0 Å². The van der Waals surface area contributed by atoms with Crippen LogP contribution in [0.4, 0.5) is 0 Å². The van der Waals surface area contributed by atoms with Crippen LogP contribution in [-0.4, -0.2) is 115 Å². The number of hydrogen-bond acceptors (Lipinski definition) is 11. The van der Waals surface area contributed by atoms with E-state index in [1.165, 1.54) is 27.5 Å². The Morgan fingerprint density at radius 1 is 1.13 bits per heavy atom. The maximum Gasteiger partial charge on any atom is 0.324 e. The highest BCUT2D eigenvalue weighted by Gasteiger charge is 2.40. The van der Waals surface area contributed by atoms with E-state index in [9.17, 15) is 24.0 Å². The van der Waals surface area contributed by atoms with Crippen LogP contribution in [-0.2, 0) is 48.1 Å². The van der Waals surface area contributed by atoms with Gasteiger partial charge in [-0.2, -0.15) is 4.37 Å². The van der Waals surface area contributed by atoms with Crippen molar-refractivity contribution in [3.05, 3.63) is 65.4 Å². The zero-order valence-electron chi connectivity index (χ0n) is 37.8. The van der Waals surface area contributed by atoms with E-state index in [0.29, 0.717) is 56.1 Å². The molecule has 0 aliphatic carbocycles. The van der Waals surface area contributed by atoms with Gasteiger partial charge >= 0.3 is 5.97 Å². The Bertz CT molecular complexity index is 2400. The molecule has 1 aromatic carbocycles. The lowest BCUT2D eigenvalue weighted by Gasteiger charge is -2.36. The number of nitrogens with zero attached hydrogens (tertiary/aromatic N) is 7. The molecule has 15 nitrogen and oxygen atoms in total. The number of carbonyl (C=O) groups excluding carboxylic acids is 5. The molecule has 2 saturated heterocycles. The number of likely N-dealkylation sites (tertiary alicyclic amines) is 1. The molecule has 0 saturated carbocycles. The first-order valence-corrected chi connectivity index (χ1v) is 22.9. The molecule has 0 unspecified atom stereocenters. The van der Waals surface area contributed by atoms with Crippen LogP contribution in [0.3, 0.4) is 0 Å². The van der Waals surface area contributed by atoms with Crippen molar-refractivity contribution in [1.82, 2.24) is 44.5 Å². The molecule has 4 aromatic rings. The minimum absolute atomic E-state index is 0.0241. The fraction of sp³-hybridized carbons (Fsp3) is 0.532. The molecule has 6 bridgehead atoms. The highest BCUT2D eigenvalue weighted by atomic mass is 32.1. The zero-order valence-corrected chi connectivity index (χ0v) is 38.6. The number of benzene rings is 1. The molecule has 2 fully saturated rings. The summed E-state index contributed by atoms with van der Waals surface area (Å²) < 4.78 is 13.2. The number of hydrogen-bond donors (Lipinski definition) is 2. The van der Waals surface area contributed by atoms with Crippen molar-refractivity contribution in [3.8, 4) is 22.6 Å². The number of amides is 4. The first-order chi connectivity index (χ1) is 30.0. The van der Waals surface area contributed by atoms with Crippen molar-refractivity contribution in [3.63, 3.8) is 0 Å². The number of nitrogens with one attached hydrogen (secondary N) is 2. The number of pyridine rings is 1. The summed E-state index contributed by atoms with van der Waals surface area (Å²) in [6.45, 7) is 19.7. The van der Waals surface area contributed by atoms with Gasteiger partial charge < -0.3 is 24.4 Å². The van der Waals surface area contributed by atoms with Gasteiger partial charge in [0, 0.05) is 73.3 Å². The SMILES string of the molecule is C=CC(=O)N1CC[C@H](C(=O)N(C)[C@H](C(=O)N[C@H]2Cc3nc(ns3)-c3ccc4c(c3)c(c(-c3cccnc3C(C)C)n4CC)CC(C)(C)COC(=O)[C@@H]3CCCN(N3)C2=O)C(C)C)C1. The van der Waals surface area contributed by atoms with Crippen LogP contribution >= 0.6 is 11.5 Å². The Kier molecular flexibility index (Phi) is 13.5. The normalized spacial score (nSPS) is 21.0. The lowest BCUT2D eigenvalue weighted by molar-refractivity contribution is -0.155. The number of cyclic esters (lactones) is 1. The number of fused-ring (bicyclic) bond motifs is 6. The predicted molar refractivity (Wildman–Crippen MR) is 242 cm³/mol.